The normalized spacial score (nSPS) is 15.0. The standard InChI is InChI=1S/C19H23N3OS/c1-24-17-8-6-7-16(14-17)21-19(23)15-9-10-20-18(13-15)22-11-4-2-3-5-12-22/h6-10,13-14H,2-5,11-12H2,1H3,(H,21,23). The molecule has 2 heterocycles. The minimum absolute atomic E-state index is 0.0910. The van der Waals surface area contributed by atoms with E-state index in [0.29, 0.717) is 5.56 Å². The third-order valence-electron chi connectivity index (χ3n) is 4.27. The summed E-state index contributed by atoms with van der Waals surface area (Å²) in [4.78, 5) is 20.4. The molecule has 4 nitrogen and oxygen atoms in total. The average Bonchev–Trinajstić information content (AvgIpc) is 2.91. The molecule has 1 amide bonds. The predicted octanol–water partition coefficient (Wildman–Crippen LogP) is 4.44. The fourth-order valence-electron chi connectivity index (χ4n) is 2.94. The van der Waals surface area contributed by atoms with Gasteiger partial charge in [0.1, 0.15) is 5.82 Å². The van der Waals surface area contributed by atoms with Gasteiger partial charge in [-0.2, -0.15) is 0 Å². The summed E-state index contributed by atoms with van der Waals surface area (Å²) < 4.78 is 0. The third kappa shape index (κ3) is 4.29. The smallest absolute Gasteiger partial charge is 0.255 e. The van der Waals surface area contributed by atoms with Gasteiger partial charge in [-0.05, 0) is 49.4 Å². The zero-order valence-electron chi connectivity index (χ0n) is 14.0. The van der Waals surface area contributed by atoms with Crippen molar-refractivity contribution in [2.75, 3.05) is 29.6 Å². The van der Waals surface area contributed by atoms with Crippen LogP contribution in [-0.2, 0) is 0 Å². The van der Waals surface area contributed by atoms with Crippen molar-refractivity contribution < 1.29 is 4.79 Å². The van der Waals surface area contributed by atoms with Crippen molar-refractivity contribution in [2.45, 2.75) is 30.6 Å². The monoisotopic (exact) mass is 341 g/mol. The van der Waals surface area contributed by atoms with E-state index in [0.717, 1.165) is 29.5 Å². The van der Waals surface area contributed by atoms with Gasteiger partial charge in [0.2, 0.25) is 0 Å². The van der Waals surface area contributed by atoms with Gasteiger partial charge in [-0.15, -0.1) is 11.8 Å². The van der Waals surface area contributed by atoms with Crippen LogP contribution in [-0.4, -0.2) is 30.2 Å². The first-order valence-electron chi connectivity index (χ1n) is 8.43. The van der Waals surface area contributed by atoms with Crippen molar-refractivity contribution in [1.82, 2.24) is 4.98 Å². The number of pyridine rings is 1. The van der Waals surface area contributed by atoms with E-state index in [1.807, 2.05) is 36.6 Å². The predicted molar refractivity (Wildman–Crippen MR) is 101 cm³/mol. The number of benzene rings is 1. The number of nitrogens with one attached hydrogen (secondary N) is 1. The van der Waals surface area contributed by atoms with Crippen molar-refractivity contribution in [3.63, 3.8) is 0 Å². The molecule has 0 atom stereocenters. The third-order valence-corrected chi connectivity index (χ3v) is 4.99. The Morgan fingerprint density at radius 2 is 1.92 bits per heavy atom. The summed E-state index contributed by atoms with van der Waals surface area (Å²) in [5.41, 5.74) is 1.47. The average molecular weight is 341 g/mol. The van der Waals surface area contributed by atoms with Crippen molar-refractivity contribution in [3.8, 4) is 0 Å². The molecule has 1 aliphatic rings. The van der Waals surface area contributed by atoms with Crippen LogP contribution >= 0.6 is 11.8 Å². The van der Waals surface area contributed by atoms with Gasteiger partial charge in [0.15, 0.2) is 0 Å². The SMILES string of the molecule is CSc1cccc(NC(=O)c2ccnc(N3CCCCCC3)c2)c1. The van der Waals surface area contributed by atoms with Crippen LogP contribution in [0.15, 0.2) is 47.5 Å². The largest absolute Gasteiger partial charge is 0.357 e. The van der Waals surface area contributed by atoms with Crippen LogP contribution in [0.1, 0.15) is 36.0 Å². The summed E-state index contributed by atoms with van der Waals surface area (Å²) >= 11 is 1.66. The number of hydrogen-bond donors (Lipinski definition) is 1. The highest BCUT2D eigenvalue weighted by molar-refractivity contribution is 7.98. The van der Waals surface area contributed by atoms with E-state index in [4.69, 9.17) is 0 Å². The highest BCUT2D eigenvalue weighted by Crippen LogP contribution is 2.21. The Hall–Kier alpha value is -2.01. The molecule has 5 heteroatoms. The summed E-state index contributed by atoms with van der Waals surface area (Å²) in [5, 5.41) is 2.98. The molecule has 2 aromatic rings. The maximum Gasteiger partial charge on any atom is 0.255 e. The number of hydrogen-bond acceptors (Lipinski definition) is 4. The lowest BCUT2D eigenvalue weighted by Gasteiger charge is -2.21. The van der Waals surface area contributed by atoms with E-state index in [9.17, 15) is 4.79 Å². The fourth-order valence-corrected chi connectivity index (χ4v) is 3.40. The summed E-state index contributed by atoms with van der Waals surface area (Å²) in [6.45, 7) is 2.04. The summed E-state index contributed by atoms with van der Waals surface area (Å²) in [6.07, 6.45) is 8.70. The quantitative estimate of drug-likeness (QED) is 0.835. The Balaban J connectivity index is 1.73. The molecule has 3 rings (SSSR count). The molecule has 1 fully saturated rings. The fraction of sp³-hybridized carbons (Fsp3) is 0.368. The lowest BCUT2D eigenvalue weighted by Crippen LogP contribution is -2.25. The lowest BCUT2D eigenvalue weighted by atomic mass is 10.2. The molecule has 1 aromatic carbocycles. The zero-order chi connectivity index (χ0) is 16.8. The van der Waals surface area contributed by atoms with Gasteiger partial charge in [0, 0.05) is 35.4 Å². The van der Waals surface area contributed by atoms with Crippen molar-refractivity contribution in [2.24, 2.45) is 0 Å². The van der Waals surface area contributed by atoms with E-state index < -0.39 is 0 Å². The second kappa shape index (κ2) is 8.20. The molecular weight excluding hydrogens is 318 g/mol. The number of amides is 1. The van der Waals surface area contributed by atoms with E-state index in [1.165, 1.54) is 25.7 Å². The molecule has 0 spiro atoms. The van der Waals surface area contributed by atoms with Crippen LogP contribution in [0.2, 0.25) is 0 Å². The number of thioether (sulfide) groups is 1. The Labute approximate surface area is 147 Å². The molecule has 126 valence electrons. The van der Waals surface area contributed by atoms with Crippen LogP contribution in [0.3, 0.4) is 0 Å². The van der Waals surface area contributed by atoms with Crippen molar-refractivity contribution in [1.29, 1.82) is 0 Å². The maximum absolute atomic E-state index is 12.6. The molecule has 1 aromatic heterocycles. The van der Waals surface area contributed by atoms with Crippen molar-refractivity contribution in [3.05, 3.63) is 48.2 Å². The first-order valence-corrected chi connectivity index (χ1v) is 9.65. The van der Waals surface area contributed by atoms with Gasteiger partial charge >= 0.3 is 0 Å². The molecule has 24 heavy (non-hydrogen) atoms. The Bertz CT molecular complexity index is 697. The molecule has 1 aliphatic heterocycles. The molecule has 1 saturated heterocycles. The van der Waals surface area contributed by atoms with Crippen LogP contribution < -0.4 is 10.2 Å². The number of aromatic nitrogens is 1. The summed E-state index contributed by atoms with van der Waals surface area (Å²) in [5.74, 6) is 0.814. The maximum atomic E-state index is 12.6. The highest BCUT2D eigenvalue weighted by Gasteiger charge is 2.14. The van der Waals surface area contributed by atoms with Gasteiger partial charge in [0.25, 0.3) is 5.91 Å². The van der Waals surface area contributed by atoms with Gasteiger partial charge in [-0.3, -0.25) is 4.79 Å². The molecule has 0 bridgehead atoms. The van der Waals surface area contributed by atoms with Crippen LogP contribution in [0.5, 0.6) is 0 Å². The lowest BCUT2D eigenvalue weighted by molar-refractivity contribution is 0.102. The van der Waals surface area contributed by atoms with E-state index >= 15 is 0 Å². The van der Waals surface area contributed by atoms with Crippen LogP contribution in [0.4, 0.5) is 11.5 Å². The van der Waals surface area contributed by atoms with Gasteiger partial charge in [-0.25, -0.2) is 4.98 Å². The van der Waals surface area contributed by atoms with Gasteiger partial charge in [-0.1, -0.05) is 18.9 Å². The number of rotatable bonds is 4. The molecule has 1 N–H and O–H groups in total. The minimum atomic E-state index is -0.0910. The molecular formula is C19H23N3OS. The Morgan fingerprint density at radius 1 is 1.12 bits per heavy atom. The topological polar surface area (TPSA) is 45.2 Å². The van der Waals surface area contributed by atoms with Crippen LogP contribution in [0.25, 0.3) is 0 Å². The second-order valence-corrected chi connectivity index (χ2v) is 6.87. The molecule has 0 aliphatic carbocycles. The summed E-state index contributed by atoms with van der Waals surface area (Å²) in [6, 6.07) is 11.6. The summed E-state index contributed by atoms with van der Waals surface area (Å²) in [7, 11) is 0. The van der Waals surface area contributed by atoms with Crippen molar-refractivity contribution >= 4 is 29.2 Å². The van der Waals surface area contributed by atoms with E-state index in [1.54, 1.807) is 24.0 Å². The zero-order valence-corrected chi connectivity index (χ0v) is 14.8. The number of nitrogens with zero attached hydrogens (tertiary/aromatic N) is 2. The molecule has 0 radical (unpaired) electrons. The van der Waals surface area contributed by atoms with Gasteiger partial charge in [0.05, 0.1) is 0 Å². The number of carbonyl (C=O) groups is 1. The van der Waals surface area contributed by atoms with E-state index in [-0.39, 0.29) is 5.91 Å². The molecule has 0 unspecified atom stereocenters. The minimum Gasteiger partial charge on any atom is -0.357 e. The first-order chi connectivity index (χ1) is 11.8. The highest BCUT2D eigenvalue weighted by atomic mass is 32.2. The number of carbonyl (C=O) groups excluding carboxylic acids is 1. The van der Waals surface area contributed by atoms with Gasteiger partial charge < -0.3 is 10.2 Å². The van der Waals surface area contributed by atoms with E-state index in [2.05, 4.69) is 15.2 Å². The van der Waals surface area contributed by atoms with Crippen LogP contribution in [0, 0.1) is 0 Å². The second-order valence-electron chi connectivity index (χ2n) is 5.99. The first kappa shape index (κ1) is 16.8. The Morgan fingerprint density at radius 3 is 2.67 bits per heavy atom. The Kier molecular flexibility index (Phi) is 5.75. The number of anilines is 2. The molecule has 0 saturated carbocycles.